The second-order valence-electron chi connectivity index (χ2n) is 3.88. The largest absolute Gasteiger partial charge is 0.480 e. The molecule has 0 saturated heterocycles. The van der Waals surface area contributed by atoms with Crippen molar-refractivity contribution in [2.75, 3.05) is 19.6 Å². The maximum absolute atomic E-state index is 11.1. The molecule has 0 aromatic heterocycles. The lowest BCUT2D eigenvalue weighted by atomic mass is 10.1. The molecule has 0 spiro atoms. The van der Waals surface area contributed by atoms with Gasteiger partial charge in [-0.15, -0.1) is 12.4 Å². The number of guanidine groups is 1. The maximum atomic E-state index is 11.1. The first-order valence-corrected chi connectivity index (χ1v) is 6.05. The number of carbonyl (C=O) groups is 1. The van der Waals surface area contributed by atoms with Gasteiger partial charge in [-0.25, -0.2) is 0 Å². The molecule has 0 rings (SSSR count). The Morgan fingerprint density at radius 1 is 1.28 bits per heavy atom. The number of hydrogen-bond donors (Lipinski definition) is 3. The molecule has 1 atom stereocenters. The fourth-order valence-corrected chi connectivity index (χ4v) is 1.78. The zero-order valence-corrected chi connectivity index (χ0v) is 11.9. The van der Waals surface area contributed by atoms with Crippen molar-refractivity contribution in [1.82, 2.24) is 4.90 Å². The lowest BCUT2D eigenvalue weighted by Crippen LogP contribution is -2.40. The first-order valence-electron chi connectivity index (χ1n) is 6.05. The minimum Gasteiger partial charge on any atom is -0.480 e. The van der Waals surface area contributed by atoms with Gasteiger partial charge in [-0.1, -0.05) is 13.8 Å². The molecule has 0 aromatic rings. The summed E-state index contributed by atoms with van der Waals surface area (Å²) >= 11 is 0. The number of likely N-dealkylation sites (N-methyl/N-ethyl adjacent to an activating group) is 1. The number of aliphatic carboxylic acids is 1. The third-order valence-electron chi connectivity index (χ3n) is 2.72. The smallest absolute Gasteiger partial charge is 0.320 e. The number of hydrogen-bond acceptors (Lipinski definition) is 3. The highest BCUT2D eigenvalue weighted by molar-refractivity contribution is 5.85. The Morgan fingerprint density at radius 2 is 1.83 bits per heavy atom. The van der Waals surface area contributed by atoms with Crippen molar-refractivity contribution in [1.29, 1.82) is 0 Å². The van der Waals surface area contributed by atoms with Gasteiger partial charge in [0.05, 0.1) is 0 Å². The Balaban J connectivity index is 0. The van der Waals surface area contributed by atoms with Gasteiger partial charge >= 0.3 is 5.97 Å². The number of rotatable bonds is 9. The van der Waals surface area contributed by atoms with E-state index in [-0.39, 0.29) is 18.4 Å². The highest BCUT2D eigenvalue weighted by Crippen LogP contribution is 2.09. The molecule has 0 amide bonds. The summed E-state index contributed by atoms with van der Waals surface area (Å²) < 4.78 is 0. The normalized spacial score (nSPS) is 11.7. The van der Waals surface area contributed by atoms with Crippen molar-refractivity contribution in [3.05, 3.63) is 0 Å². The summed E-state index contributed by atoms with van der Waals surface area (Å²) in [5.41, 5.74) is 10.4. The predicted octanol–water partition coefficient (Wildman–Crippen LogP) is 0.647. The molecule has 0 aliphatic heterocycles. The fourth-order valence-electron chi connectivity index (χ4n) is 1.78. The molecular formula is C11H25ClN4O2. The molecule has 0 bridgehead atoms. The Bertz CT molecular complexity index is 253. The summed E-state index contributed by atoms with van der Waals surface area (Å²) in [6.07, 6.45) is 2.25. The average Bonchev–Trinajstić information content (AvgIpc) is 2.26. The van der Waals surface area contributed by atoms with Crippen LogP contribution in [0.3, 0.4) is 0 Å². The van der Waals surface area contributed by atoms with Gasteiger partial charge in [0, 0.05) is 6.54 Å². The van der Waals surface area contributed by atoms with Crippen LogP contribution in [0.25, 0.3) is 0 Å². The van der Waals surface area contributed by atoms with Gasteiger partial charge in [-0.2, -0.15) is 0 Å². The van der Waals surface area contributed by atoms with Crippen LogP contribution < -0.4 is 11.5 Å². The molecule has 0 saturated carbocycles. The molecule has 0 aromatic carbocycles. The van der Waals surface area contributed by atoms with E-state index in [9.17, 15) is 4.79 Å². The minimum absolute atomic E-state index is 0. The van der Waals surface area contributed by atoms with Gasteiger partial charge < -0.3 is 16.6 Å². The third kappa shape index (κ3) is 8.14. The van der Waals surface area contributed by atoms with E-state index in [2.05, 4.69) is 4.99 Å². The second-order valence-corrected chi connectivity index (χ2v) is 3.88. The molecule has 18 heavy (non-hydrogen) atoms. The molecule has 7 heteroatoms. The lowest BCUT2D eigenvalue weighted by molar-refractivity contribution is -0.143. The maximum Gasteiger partial charge on any atom is 0.320 e. The van der Waals surface area contributed by atoms with Gasteiger partial charge in [0.1, 0.15) is 6.04 Å². The number of aliphatic imine (C=N–C) groups is 1. The molecule has 0 unspecified atom stereocenters. The topological polar surface area (TPSA) is 105 Å². The predicted molar refractivity (Wildman–Crippen MR) is 76.1 cm³/mol. The highest BCUT2D eigenvalue weighted by atomic mass is 35.5. The van der Waals surface area contributed by atoms with E-state index in [0.29, 0.717) is 13.0 Å². The first kappa shape index (κ1) is 19.3. The third-order valence-corrected chi connectivity index (χ3v) is 2.72. The van der Waals surface area contributed by atoms with Crippen LogP contribution in [0.2, 0.25) is 0 Å². The van der Waals surface area contributed by atoms with Crippen molar-refractivity contribution in [3.8, 4) is 0 Å². The zero-order chi connectivity index (χ0) is 13.3. The highest BCUT2D eigenvalue weighted by Gasteiger charge is 2.22. The molecule has 0 aliphatic rings. The number of carboxylic acid groups (broad SMARTS) is 1. The Morgan fingerprint density at radius 3 is 2.22 bits per heavy atom. The number of nitrogens with two attached hydrogens (primary N) is 2. The lowest BCUT2D eigenvalue weighted by Gasteiger charge is -2.25. The Kier molecular flexibility index (Phi) is 11.9. The van der Waals surface area contributed by atoms with Crippen LogP contribution in [0.1, 0.15) is 33.1 Å². The molecule has 5 N–H and O–H groups in total. The van der Waals surface area contributed by atoms with Crippen LogP contribution in [0.15, 0.2) is 4.99 Å². The number of nitrogens with zero attached hydrogens (tertiary/aromatic N) is 2. The summed E-state index contributed by atoms with van der Waals surface area (Å²) in [5.74, 6) is -0.668. The molecule has 108 valence electrons. The molecular weight excluding hydrogens is 256 g/mol. The zero-order valence-electron chi connectivity index (χ0n) is 11.1. The summed E-state index contributed by atoms with van der Waals surface area (Å²) in [7, 11) is 0. The monoisotopic (exact) mass is 280 g/mol. The molecule has 0 fully saturated rings. The van der Waals surface area contributed by atoms with Gasteiger partial charge in [0.15, 0.2) is 5.96 Å². The van der Waals surface area contributed by atoms with Gasteiger partial charge in [-0.05, 0) is 32.4 Å². The van der Waals surface area contributed by atoms with Crippen LogP contribution in [0.4, 0.5) is 0 Å². The summed E-state index contributed by atoms with van der Waals surface area (Å²) in [6, 6.07) is -0.399. The van der Waals surface area contributed by atoms with E-state index >= 15 is 0 Å². The van der Waals surface area contributed by atoms with Crippen molar-refractivity contribution < 1.29 is 9.90 Å². The number of unbranched alkanes of at least 4 members (excludes halogenated alkanes) is 1. The van der Waals surface area contributed by atoms with Crippen molar-refractivity contribution in [3.63, 3.8) is 0 Å². The van der Waals surface area contributed by atoms with E-state index in [1.165, 1.54) is 0 Å². The van der Waals surface area contributed by atoms with Crippen LogP contribution >= 0.6 is 12.4 Å². The van der Waals surface area contributed by atoms with Crippen molar-refractivity contribution in [2.45, 2.75) is 39.2 Å². The number of carboxylic acids is 1. The summed E-state index contributed by atoms with van der Waals surface area (Å²) in [6.45, 7) is 6.01. The van der Waals surface area contributed by atoms with E-state index < -0.39 is 12.0 Å². The summed E-state index contributed by atoms with van der Waals surface area (Å²) in [5, 5.41) is 9.14. The van der Waals surface area contributed by atoms with Gasteiger partial charge in [0.25, 0.3) is 0 Å². The molecule has 0 aliphatic carbocycles. The van der Waals surface area contributed by atoms with Gasteiger partial charge in [-0.3, -0.25) is 14.7 Å². The molecule has 6 nitrogen and oxygen atoms in total. The minimum atomic E-state index is -0.754. The van der Waals surface area contributed by atoms with E-state index in [0.717, 1.165) is 25.9 Å². The Hall–Kier alpha value is -1.01. The average molecular weight is 281 g/mol. The van der Waals surface area contributed by atoms with Gasteiger partial charge in [0.2, 0.25) is 0 Å². The van der Waals surface area contributed by atoms with Crippen LogP contribution in [-0.4, -0.2) is 47.6 Å². The first-order chi connectivity index (χ1) is 8.02. The number of halogens is 1. The van der Waals surface area contributed by atoms with Crippen LogP contribution in [0, 0.1) is 0 Å². The van der Waals surface area contributed by atoms with Crippen molar-refractivity contribution in [2.24, 2.45) is 16.5 Å². The standard InChI is InChI=1S/C11H24N4O2.ClH/c1-3-15(4-2)9(10(16)17)7-5-6-8-14-11(12)13;/h9H,3-8H2,1-2H3,(H,16,17)(H4,12,13,14);1H/t9-;/m0./s1. The molecule has 0 radical (unpaired) electrons. The fraction of sp³-hybridized carbons (Fsp3) is 0.818. The van der Waals surface area contributed by atoms with E-state index in [4.69, 9.17) is 16.6 Å². The van der Waals surface area contributed by atoms with Crippen LogP contribution in [0.5, 0.6) is 0 Å². The molecule has 0 heterocycles. The van der Waals surface area contributed by atoms with Crippen LogP contribution in [-0.2, 0) is 4.79 Å². The van der Waals surface area contributed by atoms with Crippen molar-refractivity contribution >= 4 is 24.3 Å². The second kappa shape index (κ2) is 11.1. The van der Waals surface area contributed by atoms with E-state index in [1.54, 1.807) is 0 Å². The Labute approximate surface area is 115 Å². The quantitative estimate of drug-likeness (QED) is 0.327. The summed E-state index contributed by atoms with van der Waals surface area (Å²) in [4.78, 5) is 16.9. The SMILES string of the molecule is CCN(CC)[C@@H](CCCCN=C(N)N)C(=O)O.Cl. The van der Waals surface area contributed by atoms with E-state index in [1.807, 2.05) is 18.7 Å².